The highest BCUT2D eigenvalue weighted by molar-refractivity contribution is 9.10. The summed E-state index contributed by atoms with van der Waals surface area (Å²) in [6, 6.07) is 12.1. The van der Waals surface area contributed by atoms with Gasteiger partial charge in [-0.05, 0) is 72.2 Å². The maximum Gasteiger partial charge on any atom is 0.146 e. The summed E-state index contributed by atoms with van der Waals surface area (Å²) in [7, 11) is 1.94. The largest absolute Gasteiger partial charge is 0.455 e. The molecule has 1 N–H and O–H groups in total. The molecule has 0 saturated carbocycles. The minimum absolute atomic E-state index is 0.295. The van der Waals surface area contributed by atoms with Crippen molar-refractivity contribution in [3.63, 3.8) is 0 Å². The third kappa shape index (κ3) is 3.54. The lowest BCUT2D eigenvalue weighted by atomic mass is 10.1. The molecule has 0 saturated heterocycles. The van der Waals surface area contributed by atoms with Crippen LogP contribution in [0.4, 0.5) is 0 Å². The van der Waals surface area contributed by atoms with Crippen molar-refractivity contribution in [2.75, 3.05) is 7.05 Å². The molecule has 2 nitrogen and oxygen atoms in total. The minimum Gasteiger partial charge on any atom is -0.455 e. The fourth-order valence-electron chi connectivity index (χ4n) is 1.84. The van der Waals surface area contributed by atoms with Gasteiger partial charge in [-0.1, -0.05) is 23.7 Å². The first kappa shape index (κ1) is 15.4. The maximum atomic E-state index is 6.19. The van der Waals surface area contributed by atoms with Crippen LogP contribution in [0.15, 0.2) is 40.9 Å². The number of aryl methyl sites for hydroxylation is 1. The van der Waals surface area contributed by atoms with Crippen molar-refractivity contribution in [1.82, 2.24) is 5.32 Å². The first-order chi connectivity index (χ1) is 9.51. The Balaban J connectivity index is 2.25. The van der Waals surface area contributed by atoms with Crippen LogP contribution in [0.3, 0.4) is 0 Å². The van der Waals surface area contributed by atoms with E-state index in [4.69, 9.17) is 16.3 Å². The van der Waals surface area contributed by atoms with E-state index < -0.39 is 0 Å². The monoisotopic (exact) mass is 353 g/mol. The number of rotatable bonds is 4. The first-order valence-electron chi connectivity index (χ1n) is 6.42. The van der Waals surface area contributed by atoms with Crippen LogP contribution in [0.2, 0.25) is 5.02 Å². The van der Waals surface area contributed by atoms with E-state index in [9.17, 15) is 0 Å². The van der Waals surface area contributed by atoms with E-state index in [1.165, 1.54) is 5.56 Å². The molecule has 0 aliphatic carbocycles. The average Bonchev–Trinajstić information content (AvgIpc) is 2.42. The summed E-state index contributed by atoms with van der Waals surface area (Å²) in [5.41, 5.74) is 2.31. The Morgan fingerprint density at radius 1 is 1.15 bits per heavy atom. The molecule has 1 atom stereocenters. The first-order valence-corrected chi connectivity index (χ1v) is 7.59. The van der Waals surface area contributed by atoms with Gasteiger partial charge in [0.15, 0.2) is 0 Å². The van der Waals surface area contributed by atoms with Gasteiger partial charge in [0.05, 0.1) is 9.50 Å². The summed E-state index contributed by atoms with van der Waals surface area (Å²) in [6.45, 7) is 4.11. The van der Waals surface area contributed by atoms with E-state index in [0.717, 1.165) is 15.8 Å². The molecular formula is C16H17BrClNO. The highest BCUT2D eigenvalue weighted by Crippen LogP contribution is 2.35. The highest BCUT2D eigenvalue weighted by Gasteiger charge is 2.09. The second-order valence-corrected chi connectivity index (χ2v) is 6.00. The van der Waals surface area contributed by atoms with Crippen molar-refractivity contribution < 1.29 is 4.74 Å². The lowest BCUT2D eigenvalue weighted by Crippen LogP contribution is -2.12. The van der Waals surface area contributed by atoms with E-state index in [1.54, 1.807) is 0 Å². The topological polar surface area (TPSA) is 21.3 Å². The van der Waals surface area contributed by atoms with Gasteiger partial charge in [0, 0.05) is 6.04 Å². The summed E-state index contributed by atoms with van der Waals surface area (Å²) < 4.78 is 6.77. The van der Waals surface area contributed by atoms with Gasteiger partial charge in [-0.2, -0.15) is 0 Å². The molecule has 2 aromatic carbocycles. The van der Waals surface area contributed by atoms with Crippen molar-refractivity contribution in [3.8, 4) is 11.5 Å². The average molecular weight is 355 g/mol. The Kier molecular flexibility index (Phi) is 5.08. The summed E-state index contributed by atoms with van der Waals surface area (Å²) in [4.78, 5) is 0. The van der Waals surface area contributed by atoms with Crippen LogP contribution in [-0.4, -0.2) is 7.05 Å². The Labute approximate surface area is 133 Å². The van der Waals surface area contributed by atoms with Crippen molar-refractivity contribution >= 4 is 27.5 Å². The third-order valence-electron chi connectivity index (χ3n) is 3.20. The zero-order valence-electron chi connectivity index (χ0n) is 11.7. The molecule has 0 spiro atoms. The van der Waals surface area contributed by atoms with Crippen LogP contribution < -0.4 is 10.1 Å². The fraction of sp³-hybridized carbons (Fsp3) is 0.250. The van der Waals surface area contributed by atoms with Gasteiger partial charge in [0.25, 0.3) is 0 Å². The van der Waals surface area contributed by atoms with E-state index in [1.807, 2.05) is 44.3 Å². The van der Waals surface area contributed by atoms with Crippen LogP contribution in [0, 0.1) is 6.92 Å². The highest BCUT2D eigenvalue weighted by atomic mass is 79.9. The molecular weight excluding hydrogens is 338 g/mol. The predicted molar refractivity (Wildman–Crippen MR) is 87.9 cm³/mol. The van der Waals surface area contributed by atoms with Gasteiger partial charge in [-0.15, -0.1) is 0 Å². The maximum absolute atomic E-state index is 6.19. The SMILES string of the molecule is CNC(C)c1ccc(Oc2ccc(C)cc2Cl)c(Br)c1. The molecule has 0 fully saturated rings. The molecule has 0 amide bonds. The number of benzene rings is 2. The zero-order valence-corrected chi connectivity index (χ0v) is 14.0. The summed E-state index contributed by atoms with van der Waals surface area (Å²) >= 11 is 9.73. The van der Waals surface area contributed by atoms with Crippen LogP contribution >= 0.6 is 27.5 Å². The molecule has 2 aromatic rings. The molecule has 0 bridgehead atoms. The van der Waals surface area contributed by atoms with Gasteiger partial charge in [0.2, 0.25) is 0 Å². The normalized spacial score (nSPS) is 12.2. The summed E-state index contributed by atoms with van der Waals surface area (Å²) in [5.74, 6) is 1.41. The standard InChI is InChI=1S/C16H17BrClNO/c1-10-4-6-16(14(18)8-10)20-15-7-5-12(9-13(15)17)11(2)19-3/h4-9,11,19H,1-3H3. The molecule has 1 unspecified atom stereocenters. The van der Waals surface area contributed by atoms with Crippen molar-refractivity contribution in [2.24, 2.45) is 0 Å². The smallest absolute Gasteiger partial charge is 0.146 e. The van der Waals surface area contributed by atoms with Gasteiger partial charge < -0.3 is 10.1 Å². The summed E-state index contributed by atoms with van der Waals surface area (Å²) in [6.07, 6.45) is 0. The molecule has 2 rings (SSSR count). The fourth-order valence-corrected chi connectivity index (χ4v) is 2.59. The Bertz CT molecular complexity index is 615. The summed E-state index contributed by atoms with van der Waals surface area (Å²) in [5, 5.41) is 3.83. The van der Waals surface area contributed by atoms with E-state index >= 15 is 0 Å². The number of hydrogen-bond donors (Lipinski definition) is 1. The molecule has 0 radical (unpaired) electrons. The second-order valence-electron chi connectivity index (χ2n) is 4.74. The van der Waals surface area contributed by atoms with Crippen molar-refractivity contribution in [1.29, 1.82) is 0 Å². The van der Waals surface area contributed by atoms with Gasteiger partial charge in [-0.25, -0.2) is 0 Å². The van der Waals surface area contributed by atoms with Crippen LogP contribution in [0.5, 0.6) is 11.5 Å². The molecule has 0 aliphatic rings. The quantitative estimate of drug-likeness (QED) is 0.784. The molecule has 0 aromatic heterocycles. The van der Waals surface area contributed by atoms with Crippen LogP contribution in [0.1, 0.15) is 24.1 Å². The van der Waals surface area contributed by atoms with E-state index in [0.29, 0.717) is 16.8 Å². The van der Waals surface area contributed by atoms with Crippen LogP contribution in [0.25, 0.3) is 0 Å². The molecule has 0 aliphatic heterocycles. The number of nitrogens with one attached hydrogen (secondary N) is 1. The predicted octanol–water partition coefficient (Wildman–Crippen LogP) is 5.48. The Morgan fingerprint density at radius 3 is 2.45 bits per heavy atom. The molecule has 4 heteroatoms. The number of ether oxygens (including phenoxy) is 1. The lowest BCUT2D eigenvalue weighted by molar-refractivity contribution is 0.479. The third-order valence-corrected chi connectivity index (χ3v) is 4.11. The van der Waals surface area contributed by atoms with Gasteiger partial charge in [0.1, 0.15) is 11.5 Å². The van der Waals surface area contributed by atoms with Crippen molar-refractivity contribution in [3.05, 3.63) is 57.0 Å². The minimum atomic E-state index is 0.295. The van der Waals surface area contributed by atoms with E-state index in [2.05, 4.69) is 34.2 Å². The second kappa shape index (κ2) is 6.61. The molecule has 20 heavy (non-hydrogen) atoms. The molecule has 106 valence electrons. The molecule has 0 heterocycles. The number of halogens is 2. The lowest BCUT2D eigenvalue weighted by Gasteiger charge is -2.14. The zero-order chi connectivity index (χ0) is 14.7. The Hall–Kier alpha value is -1.03. The Morgan fingerprint density at radius 2 is 1.85 bits per heavy atom. The van der Waals surface area contributed by atoms with Crippen LogP contribution in [-0.2, 0) is 0 Å². The van der Waals surface area contributed by atoms with Gasteiger partial charge >= 0.3 is 0 Å². The van der Waals surface area contributed by atoms with Gasteiger partial charge in [-0.3, -0.25) is 0 Å². The number of hydrogen-bond acceptors (Lipinski definition) is 2. The van der Waals surface area contributed by atoms with Crippen molar-refractivity contribution in [2.45, 2.75) is 19.9 Å². The van der Waals surface area contributed by atoms with E-state index in [-0.39, 0.29) is 0 Å².